The van der Waals surface area contributed by atoms with Crippen LogP contribution in [0.2, 0.25) is 5.02 Å². The van der Waals surface area contributed by atoms with E-state index in [-0.39, 0.29) is 24.8 Å². The maximum atomic E-state index is 13.7. The minimum atomic E-state index is -0.426. The van der Waals surface area contributed by atoms with Crippen LogP contribution in [0.25, 0.3) is 0 Å². The Balaban J connectivity index is 1.75. The third kappa shape index (κ3) is 5.04. The molecule has 128 valence electrons. The van der Waals surface area contributed by atoms with Crippen molar-refractivity contribution in [3.05, 3.63) is 57.0 Å². The second kappa shape index (κ2) is 8.80. The zero-order chi connectivity index (χ0) is 17.5. The molecule has 4 nitrogen and oxygen atoms in total. The molecule has 0 aliphatic rings. The minimum absolute atomic E-state index is 0.117. The summed E-state index contributed by atoms with van der Waals surface area (Å²) in [6.07, 6.45) is 0.790. The Morgan fingerprint density at radius 3 is 2.75 bits per heavy atom. The van der Waals surface area contributed by atoms with E-state index in [4.69, 9.17) is 11.6 Å². The first-order valence-electron chi connectivity index (χ1n) is 7.47. The number of carbonyl (C=O) groups is 2. The fourth-order valence-electron chi connectivity index (χ4n) is 2.14. The van der Waals surface area contributed by atoms with Gasteiger partial charge in [0.1, 0.15) is 5.82 Å². The summed E-state index contributed by atoms with van der Waals surface area (Å²) in [5, 5.41) is 4.91. The monoisotopic (exact) mass is 368 g/mol. The molecule has 1 aromatic heterocycles. The first kappa shape index (κ1) is 18.4. The van der Waals surface area contributed by atoms with Crippen LogP contribution in [0.3, 0.4) is 0 Å². The number of thiophene rings is 1. The molecule has 0 unspecified atom stereocenters. The van der Waals surface area contributed by atoms with Crippen molar-refractivity contribution in [3.8, 4) is 0 Å². The first-order valence-corrected chi connectivity index (χ1v) is 8.73. The topological polar surface area (TPSA) is 49.4 Å². The van der Waals surface area contributed by atoms with Crippen molar-refractivity contribution in [2.24, 2.45) is 0 Å². The van der Waals surface area contributed by atoms with Gasteiger partial charge in [0.25, 0.3) is 5.91 Å². The van der Waals surface area contributed by atoms with Gasteiger partial charge in [-0.05, 0) is 30.0 Å². The van der Waals surface area contributed by atoms with Gasteiger partial charge in [-0.2, -0.15) is 0 Å². The van der Waals surface area contributed by atoms with Crippen LogP contribution in [-0.4, -0.2) is 30.3 Å². The lowest BCUT2D eigenvalue weighted by atomic mass is 10.2. The van der Waals surface area contributed by atoms with Crippen molar-refractivity contribution < 1.29 is 14.0 Å². The van der Waals surface area contributed by atoms with Crippen molar-refractivity contribution in [2.75, 3.05) is 13.6 Å². The Morgan fingerprint density at radius 1 is 1.29 bits per heavy atom. The highest BCUT2D eigenvalue weighted by Gasteiger charge is 2.14. The van der Waals surface area contributed by atoms with Crippen LogP contribution in [0.4, 0.5) is 4.39 Å². The summed E-state index contributed by atoms with van der Waals surface area (Å²) >= 11 is 7.33. The molecule has 0 fully saturated rings. The average Bonchev–Trinajstić information content (AvgIpc) is 3.09. The number of carbonyl (C=O) groups excluding carboxylic acids is 2. The van der Waals surface area contributed by atoms with E-state index in [0.717, 1.165) is 0 Å². The number of hydrogen-bond acceptors (Lipinski definition) is 3. The average molecular weight is 369 g/mol. The normalized spacial score (nSPS) is 10.5. The maximum Gasteiger partial charge on any atom is 0.261 e. The van der Waals surface area contributed by atoms with Crippen LogP contribution in [0, 0.1) is 5.82 Å². The highest BCUT2D eigenvalue weighted by Crippen LogP contribution is 2.20. The van der Waals surface area contributed by atoms with E-state index in [1.54, 1.807) is 19.2 Å². The van der Waals surface area contributed by atoms with Crippen molar-refractivity contribution in [3.63, 3.8) is 0 Å². The minimum Gasteiger partial charge on any atom is -0.351 e. The lowest BCUT2D eigenvalue weighted by Crippen LogP contribution is -2.29. The highest BCUT2D eigenvalue weighted by atomic mass is 35.5. The second-order valence-corrected chi connectivity index (χ2v) is 6.64. The lowest BCUT2D eigenvalue weighted by Gasteiger charge is -2.18. The van der Waals surface area contributed by atoms with E-state index in [1.807, 2.05) is 11.4 Å². The summed E-state index contributed by atoms with van der Waals surface area (Å²) in [6.45, 7) is 0.530. The molecule has 2 aromatic rings. The van der Waals surface area contributed by atoms with Gasteiger partial charge >= 0.3 is 0 Å². The first-order chi connectivity index (χ1) is 11.5. The molecule has 7 heteroatoms. The molecule has 2 rings (SSSR count). The van der Waals surface area contributed by atoms with Crippen LogP contribution in [0.15, 0.2) is 35.7 Å². The predicted molar refractivity (Wildman–Crippen MR) is 93.8 cm³/mol. The highest BCUT2D eigenvalue weighted by molar-refractivity contribution is 7.12. The molecular weight excluding hydrogens is 351 g/mol. The molecule has 1 N–H and O–H groups in total. The number of hydrogen-bond donors (Lipinski definition) is 1. The number of rotatable bonds is 7. The van der Waals surface area contributed by atoms with Crippen molar-refractivity contribution in [2.45, 2.75) is 19.4 Å². The van der Waals surface area contributed by atoms with Gasteiger partial charge in [0.05, 0.1) is 4.88 Å². The zero-order valence-corrected chi connectivity index (χ0v) is 14.8. The standard InChI is InChI=1S/C17H18ClFN2O2S/c1-21(11-12-13(18)5-2-6-14(12)19)16(22)8-3-9-20-17(23)15-7-4-10-24-15/h2,4-7,10H,3,8-9,11H2,1H3,(H,20,23). The van der Waals surface area contributed by atoms with E-state index in [1.165, 1.54) is 28.4 Å². The fourth-order valence-corrected chi connectivity index (χ4v) is 3.00. The molecular formula is C17H18ClFN2O2S. The van der Waals surface area contributed by atoms with Crippen molar-refractivity contribution in [1.82, 2.24) is 10.2 Å². The van der Waals surface area contributed by atoms with E-state index >= 15 is 0 Å². The number of amides is 2. The van der Waals surface area contributed by atoms with Crippen LogP contribution >= 0.6 is 22.9 Å². The molecule has 0 atom stereocenters. The number of nitrogens with zero attached hydrogens (tertiary/aromatic N) is 1. The second-order valence-electron chi connectivity index (χ2n) is 5.29. The molecule has 0 aliphatic carbocycles. The van der Waals surface area contributed by atoms with Gasteiger partial charge in [-0.1, -0.05) is 23.7 Å². The van der Waals surface area contributed by atoms with Crippen LogP contribution in [0.5, 0.6) is 0 Å². The summed E-state index contributed by atoms with van der Waals surface area (Å²) in [6, 6.07) is 8.00. The SMILES string of the molecule is CN(Cc1c(F)cccc1Cl)C(=O)CCCNC(=O)c1cccs1. The van der Waals surface area contributed by atoms with Crippen LogP contribution in [0.1, 0.15) is 28.1 Å². The number of benzene rings is 1. The quantitative estimate of drug-likeness (QED) is 0.757. The van der Waals surface area contributed by atoms with E-state index in [2.05, 4.69) is 5.32 Å². The summed E-state index contributed by atoms with van der Waals surface area (Å²) in [5.41, 5.74) is 0.306. The molecule has 0 saturated carbocycles. The smallest absolute Gasteiger partial charge is 0.261 e. The molecule has 1 heterocycles. The molecule has 2 amide bonds. The molecule has 24 heavy (non-hydrogen) atoms. The Labute approximate surface area is 149 Å². The number of halogens is 2. The largest absolute Gasteiger partial charge is 0.351 e. The van der Waals surface area contributed by atoms with E-state index < -0.39 is 5.82 Å². The lowest BCUT2D eigenvalue weighted by molar-refractivity contribution is -0.130. The third-order valence-electron chi connectivity index (χ3n) is 3.48. The van der Waals surface area contributed by atoms with Crippen molar-refractivity contribution >= 4 is 34.8 Å². The maximum absolute atomic E-state index is 13.7. The summed E-state index contributed by atoms with van der Waals surface area (Å²) in [4.78, 5) is 25.9. The summed E-state index contributed by atoms with van der Waals surface area (Å²) in [5.74, 6) is -0.686. The zero-order valence-electron chi connectivity index (χ0n) is 13.2. The third-order valence-corrected chi connectivity index (χ3v) is 4.70. The van der Waals surface area contributed by atoms with E-state index in [9.17, 15) is 14.0 Å². The van der Waals surface area contributed by atoms with Crippen LogP contribution in [-0.2, 0) is 11.3 Å². The molecule has 0 saturated heterocycles. The Kier molecular flexibility index (Phi) is 6.75. The molecule has 0 spiro atoms. The molecule has 1 aromatic carbocycles. The predicted octanol–water partition coefficient (Wildman–Crippen LogP) is 3.71. The Hall–Kier alpha value is -1.92. The van der Waals surface area contributed by atoms with Gasteiger partial charge in [-0.15, -0.1) is 11.3 Å². The van der Waals surface area contributed by atoms with Gasteiger partial charge in [-0.25, -0.2) is 4.39 Å². The van der Waals surface area contributed by atoms with Gasteiger partial charge in [0.15, 0.2) is 0 Å². The van der Waals surface area contributed by atoms with E-state index in [0.29, 0.717) is 28.4 Å². The van der Waals surface area contributed by atoms with Crippen molar-refractivity contribution in [1.29, 1.82) is 0 Å². The Morgan fingerprint density at radius 2 is 2.08 bits per heavy atom. The van der Waals surface area contributed by atoms with Gasteiger partial charge in [0, 0.05) is 37.1 Å². The van der Waals surface area contributed by atoms with Gasteiger partial charge in [-0.3, -0.25) is 9.59 Å². The summed E-state index contributed by atoms with van der Waals surface area (Å²) < 4.78 is 13.7. The van der Waals surface area contributed by atoms with Crippen LogP contribution < -0.4 is 5.32 Å². The Bertz CT molecular complexity index is 686. The molecule has 0 bridgehead atoms. The van der Waals surface area contributed by atoms with Gasteiger partial charge in [0.2, 0.25) is 5.91 Å². The molecule has 0 radical (unpaired) electrons. The molecule has 0 aliphatic heterocycles. The number of nitrogens with one attached hydrogen (secondary N) is 1. The summed E-state index contributed by atoms with van der Waals surface area (Å²) in [7, 11) is 1.61. The van der Waals surface area contributed by atoms with Gasteiger partial charge < -0.3 is 10.2 Å². The fraction of sp³-hybridized carbons (Fsp3) is 0.294.